The lowest BCUT2D eigenvalue weighted by atomic mass is 10.0. The van der Waals surface area contributed by atoms with Crippen LogP contribution in [0.25, 0.3) is 0 Å². The molecule has 0 aromatic rings. The first kappa shape index (κ1) is 74.2. The second-order valence-electron chi connectivity index (χ2n) is 25.2. The molecule has 78 heavy (non-hydrogen) atoms. The van der Waals surface area contributed by atoms with Crippen LogP contribution in [0.3, 0.4) is 0 Å². The molecule has 460 valence electrons. The zero-order valence-electron chi connectivity index (χ0n) is 53.2. The molecular formula is C72H137NO5. The fraction of sp³-hybridized carbons (Fsp3) is 0.931. The van der Waals surface area contributed by atoms with Crippen LogP contribution in [-0.2, 0) is 23.8 Å². The lowest BCUT2D eigenvalue weighted by Crippen LogP contribution is -2.41. The smallest absolute Gasteiger partial charge is 0.305 e. The molecule has 1 heterocycles. The van der Waals surface area contributed by atoms with Gasteiger partial charge < -0.3 is 14.2 Å². The Morgan fingerprint density at radius 3 is 0.744 bits per heavy atom. The Morgan fingerprint density at radius 2 is 0.526 bits per heavy atom. The van der Waals surface area contributed by atoms with Gasteiger partial charge in [0, 0.05) is 18.4 Å². The van der Waals surface area contributed by atoms with E-state index in [9.17, 15) is 9.59 Å². The molecule has 0 N–H and O–H groups in total. The highest BCUT2D eigenvalue weighted by atomic mass is 16.6. The molecule has 0 radical (unpaired) electrons. The number of carbonyl (C=O) groups is 2. The predicted molar refractivity (Wildman–Crippen MR) is 341 cm³/mol. The Balaban J connectivity index is 2.34. The molecule has 6 nitrogen and oxygen atoms in total. The lowest BCUT2D eigenvalue weighted by molar-refractivity contribution is -0.150. The number of aliphatic imine (C=N–C) groups is 1. The van der Waals surface area contributed by atoms with E-state index in [0.717, 1.165) is 44.1 Å². The number of nitrogens with zero attached hydrogens (tertiary/aromatic N) is 1. The Labute approximate surface area is 488 Å². The van der Waals surface area contributed by atoms with Crippen molar-refractivity contribution in [1.29, 1.82) is 0 Å². The topological polar surface area (TPSA) is 74.2 Å². The SMILES string of the molecule is C=C(CCCCCCCCCCCCCCCCCCCCC)C1=NC(COC(=O)CCCCCCCCCCCCCCCCCCCCC)(COC(=O)CCCCCCCCCCCCCCCCCCCCC)CO1. The molecule has 0 amide bonds. The largest absolute Gasteiger partial charge is 0.475 e. The van der Waals surface area contributed by atoms with Crippen molar-refractivity contribution in [2.45, 2.75) is 412 Å². The van der Waals surface area contributed by atoms with E-state index in [1.165, 1.54) is 334 Å². The Kier molecular flexibility index (Phi) is 56.8. The molecule has 0 saturated carbocycles. The van der Waals surface area contributed by atoms with Gasteiger partial charge in [-0.15, -0.1) is 0 Å². The molecule has 0 fully saturated rings. The second-order valence-corrected chi connectivity index (χ2v) is 25.2. The zero-order chi connectivity index (χ0) is 56.2. The van der Waals surface area contributed by atoms with Crippen LogP contribution in [0.1, 0.15) is 406 Å². The molecule has 0 atom stereocenters. The van der Waals surface area contributed by atoms with Crippen molar-refractivity contribution in [3.63, 3.8) is 0 Å². The van der Waals surface area contributed by atoms with Gasteiger partial charge in [-0.25, -0.2) is 4.99 Å². The van der Waals surface area contributed by atoms with Crippen molar-refractivity contribution in [2.75, 3.05) is 19.8 Å². The molecule has 1 aliphatic rings. The first-order chi connectivity index (χ1) is 38.5. The highest BCUT2D eigenvalue weighted by molar-refractivity contribution is 5.94. The fourth-order valence-corrected chi connectivity index (χ4v) is 11.6. The van der Waals surface area contributed by atoms with Gasteiger partial charge in [0.1, 0.15) is 19.8 Å². The van der Waals surface area contributed by atoms with Crippen LogP contribution in [0.2, 0.25) is 0 Å². The average molecular weight is 1100 g/mol. The maximum absolute atomic E-state index is 13.0. The Morgan fingerprint density at radius 1 is 0.333 bits per heavy atom. The van der Waals surface area contributed by atoms with E-state index in [4.69, 9.17) is 19.2 Å². The fourth-order valence-electron chi connectivity index (χ4n) is 11.6. The van der Waals surface area contributed by atoms with Gasteiger partial charge in [0.15, 0.2) is 5.54 Å². The van der Waals surface area contributed by atoms with Gasteiger partial charge in [-0.05, 0) is 25.7 Å². The van der Waals surface area contributed by atoms with Crippen LogP contribution in [0.5, 0.6) is 0 Å². The summed E-state index contributed by atoms with van der Waals surface area (Å²) in [7, 11) is 0. The van der Waals surface area contributed by atoms with Gasteiger partial charge in [0.2, 0.25) is 5.90 Å². The summed E-state index contributed by atoms with van der Waals surface area (Å²) in [6, 6.07) is 0. The van der Waals surface area contributed by atoms with Crippen molar-refractivity contribution in [3.8, 4) is 0 Å². The number of ether oxygens (including phenoxy) is 3. The average Bonchev–Trinajstić information content (AvgIpc) is 3.89. The van der Waals surface area contributed by atoms with E-state index in [-0.39, 0.29) is 31.8 Å². The quantitative estimate of drug-likeness (QED) is 0.0448. The second kappa shape index (κ2) is 59.8. The van der Waals surface area contributed by atoms with Crippen molar-refractivity contribution in [2.24, 2.45) is 4.99 Å². The van der Waals surface area contributed by atoms with Crippen molar-refractivity contribution >= 4 is 17.8 Å². The molecule has 0 aliphatic carbocycles. The molecule has 0 aromatic heterocycles. The molecule has 0 spiro atoms. The van der Waals surface area contributed by atoms with Crippen LogP contribution in [0, 0.1) is 0 Å². The molecule has 0 bridgehead atoms. The van der Waals surface area contributed by atoms with Crippen molar-refractivity contribution < 1.29 is 23.8 Å². The van der Waals surface area contributed by atoms with E-state index < -0.39 is 5.54 Å². The normalized spacial score (nSPS) is 13.0. The van der Waals surface area contributed by atoms with Crippen LogP contribution in [0.15, 0.2) is 17.1 Å². The molecule has 1 aliphatic heterocycles. The van der Waals surface area contributed by atoms with Crippen molar-refractivity contribution in [3.05, 3.63) is 12.2 Å². The number of hydrogen-bond acceptors (Lipinski definition) is 6. The van der Waals surface area contributed by atoms with Crippen LogP contribution in [0.4, 0.5) is 0 Å². The van der Waals surface area contributed by atoms with Crippen molar-refractivity contribution in [1.82, 2.24) is 0 Å². The van der Waals surface area contributed by atoms with E-state index in [0.29, 0.717) is 18.7 Å². The first-order valence-corrected chi connectivity index (χ1v) is 35.7. The summed E-state index contributed by atoms with van der Waals surface area (Å²) in [6.45, 7) is 11.6. The standard InChI is InChI=1S/C72H137NO5/c1-5-8-11-14-17-20-23-26-29-32-35-38-41-44-47-50-53-56-59-62-68(4)71-73-72(67-78-71,65-76-69(74)63-60-57-54-51-48-45-42-39-36-33-30-27-24-21-18-15-12-9-6-2)66-77-70(75)64-61-58-55-52-49-46-43-40-37-34-31-28-25-22-19-16-13-10-7-3/h4-67H2,1-3H3. The summed E-state index contributed by atoms with van der Waals surface area (Å²) in [5, 5.41) is 0. The highest BCUT2D eigenvalue weighted by Gasteiger charge is 2.40. The number of unbranched alkanes of at least 4 members (excludes halogenated alkanes) is 54. The summed E-state index contributed by atoms with van der Waals surface area (Å²) < 4.78 is 17.9. The van der Waals surface area contributed by atoms with E-state index in [1.807, 2.05) is 0 Å². The Hall–Kier alpha value is -1.85. The first-order valence-electron chi connectivity index (χ1n) is 35.7. The summed E-state index contributed by atoms with van der Waals surface area (Å²) in [4.78, 5) is 31.1. The number of esters is 2. The van der Waals surface area contributed by atoms with Crippen LogP contribution >= 0.6 is 0 Å². The summed E-state index contributed by atoms with van der Waals surface area (Å²) in [6.07, 6.45) is 78.2. The molecule has 0 saturated heterocycles. The maximum atomic E-state index is 13.0. The summed E-state index contributed by atoms with van der Waals surface area (Å²) >= 11 is 0. The van der Waals surface area contributed by atoms with Gasteiger partial charge in [-0.3, -0.25) is 9.59 Å². The van der Waals surface area contributed by atoms with E-state index >= 15 is 0 Å². The van der Waals surface area contributed by atoms with Gasteiger partial charge in [0.05, 0.1) is 0 Å². The van der Waals surface area contributed by atoms with Crippen LogP contribution < -0.4 is 0 Å². The Bertz CT molecular complexity index is 1250. The van der Waals surface area contributed by atoms with Gasteiger partial charge in [0.25, 0.3) is 0 Å². The van der Waals surface area contributed by atoms with E-state index in [1.54, 1.807) is 0 Å². The van der Waals surface area contributed by atoms with Gasteiger partial charge >= 0.3 is 11.9 Å². The highest BCUT2D eigenvalue weighted by Crippen LogP contribution is 2.27. The van der Waals surface area contributed by atoms with E-state index in [2.05, 4.69) is 27.4 Å². The number of hydrogen-bond donors (Lipinski definition) is 0. The lowest BCUT2D eigenvalue weighted by Gasteiger charge is -2.23. The molecule has 0 unspecified atom stereocenters. The summed E-state index contributed by atoms with van der Waals surface area (Å²) in [5.74, 6) is 0.152. The number of rotatable bonds is 65. The third-order valence-electron chi connectivity index (χ3n) is 17.2. The monoisotopic (exact) mass is 1100 g/mol. The molecule has 1 rings (SSSR count). The summed E-state index contributed by atoms with van der Waals surface area (Å²) in [5.41, 5.74) is -0.0252. The van der Waals surface area contributed by atoms with Crippen LogP contribution in [-0.4, -0.2) is 43.2 Å². The molecule has 0 aromatic carbocycles. The zero-order valence-corrected chi connectivity index (χ0v) is 53.2. The minimum Gasteiger partial charge on any atom is -0.475 e. The predicted octanol–water partition coefficient (Wildman–Crippen LogP) is 24.3. The van der Waals surface area contributed by atoms with Gasteiger partial charge in [-0.2, -0.15) is 0 Å². The minimum absolute atomic E-state index is 0.0630. The number of carbonyl (C=O) groups excluding carboxylic acids is 2. The molecule has 6 heteroatoms. The van der Waals surface area contributed by atoms with Gasteiger partial charge in [-0.1, -0.05) is 374 Å². The third kappa shape index (κ3) is 51.1. The third-order valence-corrected chi connectivity index (χ3v) is 17.2. The minimum atomic E-state index is -0.918. The molecular weight excluding hydrogens is 959 g/mol. The maximum Gasteiger partial charge on any atom is 0.305 e.